The Balaban J connectivity index is 2.41. The molecule has 1 aliphatic heterocycles. The maximum atomic E-state index is 5.32. The van der Waals surface area contributed by atoms with Crippen molar-refractivity contribution in [3.05, 3.63) is 11.5 Å². The van der Waals surface area contributed by atoms with E-state index in [0.717, 1.165) is 17.9 Å². The molecule has 1 aliphatic rings. The molecule has 0 aromatic carbocycles. The van der Waals surface area contributed by atoms with Gasteiger partial charge in [-0.25, -0.2) is 0 Å². The lowest BCUT2D eigenvalue weighted by Gasteiger charge is -2.07. The minimum atomic E-state index is 0.246. The first kappa shape index (κ1) is 5.73. The molecule has 0 radical (unpaired) electrons. The minimum absolute atomic E-state index is 0.246. The van der Waals surface area contributed by atoms with Crippen LogP contribution in [0.2, 0.25) is 0 Å². The lowest BCUT2D eigenvalue weighted by Crippen LogP contribution is -2.07. The van der Waals surface area contributed by atoms with E-state index < -0.39 is 0 Å². The van der Waals surface area contributed by atoms with Crippen LogP contribution < -0.4 is 5.73 Å². The van der Waals surface area contributed by atoms with Crippen molar-refractivity contribution < 1.29 is 9.15 Å². The van der Waals surface area contributed by atoms with Crippen LogP contribution in [-0.2, 0) is 17.8 Å². The Kier molecular flexibility index (Phi) is 1.14. The summed E-state index contributed by atoms with van der Waals surface area (Å²) in [4.78, 5) is 3.94. The van der Waals surface area contributed by atoms with Crippen molar-refractivity contribution in [3.8, 4) is 0 Å². The molecule has 1 aromatic rings. The van der Waals surface area contributed by atoms with Crippen LogP contribution in [0.5, 0.6) is 0 Å². The van der Waals surface area contributed by atoms with Crippen LogP contribution in [0.1, 0.15) is 11.5 Å². The smallest absolute Gasteiger partial charge is 0.292 e. The number of aromatic nitrogens is 1. The lowest BCUT2D eigenvalue weighted by atomic mass is 10.2. The molecule has 0 saturated heterocycles. The molecule has 4 heteroatoms. The minimum Gasteiger partial charge on any atom is -0.428 e. The molecule has 54 valence electrons. The number of oxazole rings is 1. The normalized spacial score (nSPS) is 16.8. The van der Waals surface area contributed by atoms with Crippen molar-refractivity contribution in [1.29, 1.82) is 0 Å². The highest BCUT2D eigenvalue weighted by Gasteiger charge is 2.15. The number of rotatable bonds is 0. The predicted molar refractivity (Wildman–Crippen MR) is 34.3 cm³/mol. The van der Waals surface area contributed by atoms with Gasteiger partial charge in [0.1, 0.15) is 11.5 Å². The van der Waals surface area contributed by atoms with E-state index in [2.05, 4.69) is 4.98 Å². The highest BCUT2D eigenvalue weighted by atomic mass is 16.5. The Morgan fingerprint density at radius 2 is 2.40 bits per heavy atom. The summed E-state index contributed by atoms with van der Waals surface area (Å²) in [6.07, 6.45) is 0.791. The van der Waals surface area contributed by atoms with E-state index in [4.69, 9.17) is 14.9 Å². The number of hydrogen-bond acceptors (Lipinski definition) is 4. The third-order valence-electron chi connectivity index (χ3n) is 1.51. The zero-order chi connectivity index (χ0) is 6.97. The molecule has 1 aromatic heterocycles. The summed E-state index contributed by atoms with van der Waals surface area (Å²) < 4.78 is 10.2. The maximum Gasteiger partial charge on any atom is 0.292 e. The van der Waals surface area contributed by atoms with Gasteiger partial charge in [0.15, 0.2) is 0 Å². The fourth-order valence-electron chi connectivity index (χ4n) is 1.05. The first-order valence-corrected chi connectivity index (χ1v) is 3.18. The van der Waals surface area contributed by atoms with Gasteiger partial charge < -0.3 is 14.9 Å². The second kappa shape index (κ2) is 1.98. The number of nitrogen functional groups attached to an aromatic ring is 1. The van der Waals surface area contributed by atoms with Crippen LogP contribution in [0.25, 0.3) is 0 Å². The van der Waals surface area contributed by atoms with Gasteiger partial charge in [-0.05, 0) is 0 Å². The third kappa shape index (κ3) is 0.769. The Morgan fingerprint density at radius 1 is 1.50 bits per heavy atom. The van der Waals surface area contributed by atoms with Crippen molar-refractivity contribution >= 4 is 6.01 Å². The lowest BCUT2D eigenvalue weighted by molar-refractivity contribution is 0.102. The van der Waals surface area contributed by atoms with E-state index in [9.17, 15) is 0 Å². The number of anilines is 1. The van der Waals surface area contributed by atoms with Crippen LogP contribution in [0.3, 0.4) is 0 Å². The summed E-state index contributed by atoms with van der Waals surface area (Å²) in [6, 6.07) is 0.246. The zero-order valence-corrected chi connectivity index (χ0v) is 5.46. The molecule has 0 bridgehead atoms. The third-order valence-corrected chi connectivity index (χ3v) is 1.51. The van der Waals surface area contributed by atoms with Crippen LogP contribution in [-0.4, -0.2) is 11.6 Å². The molecule has 2 N–H and O–H groups in total. The largest absolute Gasteiger partial charge is 0.428 e. The number of fused-ring (bicyclic) bond motifs is 1. The SMILES string of the molecule is Nc1nc2c(o1)CCOC2. The first-order chi connectivity index (χ1) is 4.86. The summed E-state index contributed by atoms with van der Waals surface area (Å²) in [6.45, 7) is 1.25. The van der Waals surface area contributed by atoms with Crippen LogP contribution in [0.4, 0.5) is 6.01 Å². The average molecular weight is 140 g/mol. The van der Waals surface area contributed by atoms with Crippen molar-refractivity contribution in [1.82, 2.24) is 4.98 Å². The average Bonchev–Trinajstić information content (AvgIpc) is 2.27. The molecular formula is C6H8N2O2. The van der Waals surface area contributed by atoms with Gasteiger partial charge in [-0.2, -0.15) is 4.98 Å². The van der Waals surface area contributed by atoms with Crippen LogP contribution >= 0.6 is 0 Å². The molecule has 2 heterocycles. The summed E-state index contributed by atoms with van der Waals surface area (Å²) >= 11 is 0. The molecular weight excluding hydrogens is 132 g/mol. The van der Waals surface area contributed by atoms with Crippen molar-refractivity contribution in [2.75, 3.05) is 12.3 Å². The molecule has 0 fully saturated rings. The van der Waals surface area contributed by atoms with Crippen LogP contribution in [0.15, 0.2) is 4.42 Å². The summed E-state index contributed by atoms with van der Waals surface area (Å²) in [5, 5.41) is 0. The Morgan fingerprint density at radius 3 is 3.20 bits per heavy atom. The van der Waals surface area contributed by atoms with E-state index in [1.54, 1.807) is 0 Å². The number of ether oxygens (including phenoxy) is 1. The van der Waals surface area contributed by atoms with Crippen molar-refractivity contribution in [2.24, 2.45) is 0 Å². The Hall–Kier alpha value is -1.03. The number of nitrogens with two attached hydrogens (primary N) is 1. The first-order valence-electron chi connectivity index (χ1n) is 3.18. The van der Waals surface area contributed by atoms with Gasteiger partial charge in [-0.3, -0.25) is 0 Å². The Bertz CT molecular complexity index is 220. The van der Waals surface area contributed by atoms with Crippen molar-refractivity contribution in [3.63, 3.8) is 0 Å². The zero-order valence-electron chi connectivity index (χ0n) is 5.46. The Labute approximate surface area is 58.0 Å². The summed E-state index contributed by atoms with van der Waals surface area (Å²) in [5.41, 5.74) is 6.18. The summed E-state index contributed by atoms with van der Waals surface area (Å²) in [5.74, 6) is 0.878. The second-order valence-electron chi connectivity index (χ2n) is 2.22. The predicted octanol–water partition coefficient (Wildman–Crippen LogP) is 0.329. The molecule has 0 amide bonds. The maximum absolute atomic E-state index is 5.32. The fraction of sp³-hybridized carbons (Fsp3) is 0.500. The molecule has 0 saturated carbocycles. The van der Waals surface area contributed by atoms with Gasteiger partial charge in [0, 0.05) is 6.42 Å². The number of hydrogen-bond donors (Lipinski definition) is 1. The van der Waals surface area contributed by atoms with Gasteiger partial charge >= 0.3 is 0 Å². The monoisotopic (exact) mass is 140 g/mol. The molecule has 0 atom stereocenters. The second-order valence-corrected chi connectivity index (χ2v) is 2.22. The molecule has 2 rings (SSSR count). The topological polar surface area (TPSA) is 61.3 Å². The van der Waals surface area contributed by atoms with E-state index >= 15 is 0 Å². The van der Waals surface area contributed by atoms with E-state index in [1.807, 2.05) is 0 Å². The highest BCUT2D eigenvalue weighted by Crippen LogP contribution is 2.17. The van der Waals surface area contributed by atoms with E-state index in [-0.39, 0.29) is 6.01 Å². The molecule has 0 unspecified atom stereocenters. The van der Waals surface area contributed by atoms with E-state index in [1.165, 1.54) is 0 Å². The van der Waals surface area contributed by atoms with Crippen molar-refractivity contribution in [2.45, 2.75) is 13.0 Å². The molecule has 0 aliphatic carbocycles. The highest BCUT2D eigenvalue weighted by molar-refractivity contribution is 5.20. The van der Waals surface area contributed by atoms with Gasteiger partial charge in [-0.15, -0.1) is 0 Å². The van der Waals surface area contributed by atoms with Gasteiger partial charge in [0.05, 0.1) is 13.2 Å². The fourth-order valence-corrected chi connectivity index (χ4v) is 1.05. The quantitative estimate of drug-likeness (QED) is 0.564. The van der Waals surface area contributed by atoms with Gasteiger partial charge in [0.25, 0.3) is 6.01 Å². The standard InChI is InChI=1S/C6H8N2O2/c7-6-8-4-3-9-2-1-5(4)10-6/h1-3H2,(H2,7,8). The number of nitrogens with zero attached hydrogens (tertiary/aromatic N) is 1. The van der Waals surface area contributed by atoms with Crippen LogP contribution in [0, 0.1) is 0 Å². The molecule has 4 nitrogen and oxygen atoms in total. The van der Waals surface area contributed by atoms with Gasteiger partial charge in [0.2, 0.25) is 0 Å². The summed E-state index contributed by atoms with van der Waals surface area (Å²) in [7, 11) is 0. The molecule has 0 spiro atoms. The molecule has 10 heavy (non-hydrogen) atoms. The van der Waals surface area contributed by atoms with Gasteiger partial charge in [-0.1, -0.05) is 0 Å². The van der Waals surface area contributed by atoms with E-state index in [0.29, 0.717) is 13.2 Å².